The average molecular weight is 412 g/mol. The molecule has 30 heavy (non-hydrogen) atoms. The molecule has 1 unspecified atom stereocenters. The lowest BCUT2D eigenvalue weighted by molar-refractivity contribution is -0.384. The number of esters is 2. The maximum absolute atomic E-state index is 12.4. The highest BCUT2D eigenvalue weighted by Gasteiger charge is 2.47. The van der Waals surface area contributed by atoms with Gasteiger partial charge in [-0.3, -0.25) is 10.1 Å². The number of rotatable bonds is 6. The van der Waals surface area contributed by atoms with Gasteiger partial charge < -0.3 is 19.6 Å². The van der Waals surface area contributed by atoms with Crippen molar-refractivity contribution in [1.82, 2.24) is 0 Å². The molecule has 2 aromatic carbocycles. The second kappa shape index (κ2) is 8.26. The highest BCUT2D eigenvalue weighted by atomic mass is 16.6. The molecular weight excluding hydrogens is 400 g/mol. The maximum Gasteiger partial charge on any atom is 0.428 e. The molecule has 1 aliphatic heterocycles. The minimum atomic E-state index is -2.16. The van der Waals surface area contributed by atoms with E-state index in [1.807, 2.05) is 0 Å². The van der Waals surface area contributed by atoms with Gasteiger partial charge in [-0.2, -0.15) is 4.99 Å². The summed E-state index contributed by atoms with van der Waals surface area (Å²) >= 11 is 0. The molecule has 152 valence electrons. The van der Waals surface area contributed by atoms with Crippen molar-refractivity contribution in [3.63, 3.8) is 0 Å². The Morgan fingerprint density at radius 2 is 1.53 bits per heavy atom. The van der Waals surface area contributed by atoms with Gasteiger partial charge in [-0.25, -0.2) is 9.59 Å². The van der Waals surface area contributed by atoms with Crippen LogP contribution in [0, 0.1) is 20.2 Å². The van der Waals surface area contributed by atoms with Gasteiger partial charge >= 0.3 is 23.6 Å². The van der Waals surface area contributed by atoms with Crippen LogP contribution < -0.4 is 0 Å². The van der Waals surface area contributed by atoms with E-state index in [1.54, 1.807) is 18.2 Å². The molecule has 1 heterocycles. The van der Waals surface area contributed by atoms with Gasteiger partial charge in [0.25, 0.3) is 5.69 Å². The number of nitro groups is 2. The Hall–Kier alpha value is -4.48. The molecule has 12 heteroatoms. The van der Waals surface area contributed by atoms with Crippen LogP contribution in [0.2, 0.25) is 0 Å². The van der Waals surface area contributed by atoms with Crippen LogP contribution >= 0.6 is 0 Å². The van der Waals surface area contributed by atoms with Crippen LogP contribution in [0.4, 0.5) is 5.69 Å². The Kier molecular flexibility index (Phi) is 5.58. The second-order valence-electron chi connectivity index (χ2n) is 5.86. The van der Waals surface area contributed by atoms with Crippen LogP contribution in [-0.2, 0) is 9.47 Å². The first-order valence-electron chi connectivity index (χ1n) is 8.29. The monoisotopic (exact) mass is 412 g/mol. The molecular formula is C18H12N4O8. The number of carbonyl (C=O) groups is 2. The summed E-state index contributed by atoms with van der Waals surface area (Å²) in [6, 6.07) is 12.3. The summed E-state index contributed by atoms with van der Waals surface area (Å²) in [6.45, 7) is -0.741. The molecule has 0 aromatic heterocycles. The summed E-state index contributed by atoms with van der Waals surface area (Å²) in [4.78, 5) is 52.2. The van der Waals surface area contributed by atoms with E-state index >= 15 is 0 Å². The molecule has 0 radical (unpaired) electrons. The highest BCUT2D eigenvalue weighted by Crippen LogP contribution is 2.23. The van der Waals surface area contributed by atoms with Crippen LogP contribution in [0.1, 0.15) is 20.7 Å². The van der Waals surface area contributed by atoms with Gasteiger partial charge in [0.05, 0.1) is 16.1 Å². The molecule has 3 rings (SSSR count). The van der Waals surface area contributed by atoms with Crippen molar-refractivity contribution in [2.24, 2.45) is 9.98 Å². The van der Waals surface area contributed by atoms with E-state index in [0.717, 1.165) is 18.3 Å². The summed E-state index contributed by atoms with van der Waals surface area (Å²) < 4.78 is 10.3. The van der Waals surface area contributed by atoms with E-state index in [1.165, 1.54) is 24.3 Å². The van der Waals surface area contributed by atoms with Crippen molar-refractivity contribution in [1.29, 1.82) is 0 Å². The fourth-order valence-corrected chi connectivity index (χ4v) is 2.38. The standard InChI is InChI=1S/C18H12N4O8/c23-16(13-6-8-14(9-7-13)21(25)26)29-11-18(19-10-15(20-18)22(27)28)30-17(24)12-4-2-1-3-5-12/h1-10H,11H2. The summed E-state index contributed by atoms with van der Waals surface area (Å²) in [6.07, 6.45) is 0.790. The van der Waals surface area contributed by atoms with Gasteiger partial charge in [0.15, 0.2) is 0 Å². The first-order valence-corrected chi connectivity index (χ1v) is 8.29. The fourth-order valence-electron chi connectivity index (χ4n) is 2.38. The third-order valence-corrected chi connectivity index (χ3v) is 3.83. The Labute approximate surface area is 167 Å². The maximum atomic E-state index is 12.4. The van der Waals surface area contributed by atoms with Crippen molar-refractivity contribution >= 4 is 29.7 Å². The number of nitro benzene ring substituents is 1. The Bertz CT molecular complexity index is 1070. The van der Waals surface area contributed by atoms with Crippen molar-refractivity contribution in [2.75, 3.05) is 6.61 Å². The number of amidine groups is 1. The number of nitrogens with zero attached hydrogens (tertiary/aromatic N) is 4. The molecule has 0 aliphatic carbocycles. The van der Waals surface area contributed by atoms with E-state index in [0.29, 0.717) is 0 Å². The van der Waals surface area contributed by atoms with Gasteiger partial charge in [0.2, 0.25) is 6.61 Å². The molecule has 0 N–H and O–H groups in total. The average Bonchev–Trinajstić information content (AvgIpc) is 3.17. The molecule has 0 spiro atoms. The van der Waals surface area contributed by atoms with Crippen LogP contribution in [0.15, 0.2) is 64.6 Å². The predicted molar refractivity (Wildman–Crippen MR) is 101 cm³/mol. The smallest absolute Gasteiger partial charge is 0.428 e. The number of hydrogen-bond acceptors (Lipinski definition) is 10. The van der Waals surface area contributed by atoms with Crippen LogP contribution in [0.3, 0.4) is 0 Å². The van der Waals surface area contributed by atoms with E-state index in [-0.39, 0.29) is 16.8 Å². The number of ether oxygens (including phenoxy) is 2. The molecule has 2 aromatic rings. The summed E-state index contributed by atoms with van der Waals surface area (Å²) in [5.74, 6) is -4.64. The normalized spacial score (nSPS) is 17.1. The largest absolute Gasteiger partial charge is 0.450 e. The zero-order valence-corrected chi connectivity index (χ0v) is 15.0. The minimum Gasteiger partial charge on any atom is -0.450 e. The van der Waals surface area contributed by atoms with Crippen LogP contribution in [0.25, 0.3) is 0 Å². The molecule has 1 atom stereocenters. The van der Waals surface area contributed by atoms with Gasteiger partial charge in [0, 0.05) is 12.1 Å². The summed E-state index contributed by atoms with van der Waals surface area (Å²) in [5, 5.41) is 21.7. The van der Waals surface area contributed by atoms with E-state index in [4.69, 9.17) is 9.47 Å². The van der Waals surface area contributed by atoms with Gasteiger partial charge in [-0.1, -0.05) is 18.2 Å². The van der Waals surface area contributed by atoms with Gasteiger partial charge in [0.1, 0.15) is 6.21 Å². The third-order valence-electron chi connectivity index (χ3n) is 3.83. The summed E-state index contributed by atoms with van der Waals surface area (Å²) in [5.41, 5.74) is -0.107. The lowest BCUT2D eigenvalue weighted by Crippen LogP contribution is -2.36. The van der Waals surface area contributed by atoms with Crippen molar-refractivity contribution in [2.45, 2.75) is 5.85 Å². The SMILES string of the molecule is O=C(OCC1(OC(=O)c2ccccc2)N=CC([N+](=O)[O-])=N1)c1ccc([N+](=O)[O-])cc1. The molecule has 0 saturated heterocycles. The molecule has 0 saturated carbocycles. The minimum absolute atomic E-state index is 0.0226. The molecule has 12 nitrogen and oxygen atoms in total. The lowest BCUT2D eigenvalue weighted by Gasteiger charge is -2.18. The fraction of sp³-hybridized carbons (Fsp3) is 0.111. The zero-order chi connectivity index (χ0) is 21.7. The summed E-state index contributed by atoms with van der Waals surface area (Å²) in [7, 11) is 0. The molecule has 0 amide bonds. The van der Waals surface area contributed by atoms with Crippen molar-refractivity contribution < 1.29 is 28.9 Å². The van der Waals surface area contributed by atoms with Crippen LogP contribution in [-0.4, -0.2) is 46.3 Å². The second-order valence-corrected chi connectivity index (χ2v) is 5.86. The lowest BCUT2D eigenvalue weighted by atomic mass is 10.2. The Balaban J connectivity index is 1.77. The van der Waals surface area contributed by atoms with E-state index in [9.17, 15) is 29.8 Å². The highest BCUT2D eigenvalue weighted by molar-refractivity contribution is 6.26. The number of hydrogen-bond donors (Lipinski definition) is 0. The quantitative estimate of drug-likeness (QED) is 0.395. The van der Waals surface area contributed by atoms with Crippen LogP contribution in [0.5, 0.6) is 0 Å². The first kappa shape index (κ1) is 20.3. The Morgan fingerprint density at radius 1 is 0.900 bits per heavy atom. The molecule has 1 aliphatic rings. The van der Waals surface area contributed by atoms with Gasteiger partial charge in [-0.15, -0.1) is 0 Å². The Morgan fingerprint density at radius 3 is 2.10 bits per heavy atom. The first-order chi connectivity index (χ1) is 14.3. The van der Waals surface area contributed by atoms with Gasteiger partial charge in [-0.05, 0) is 34.2 Å². The number of aliphatic imine (C=N–C) groups is 2. The molecule has 0 bridgehead atoms. The van der Waals surface area contributed by atoms with Crippen molar-refractivity contribution in [3.8, 4) is 0 Å². The molecule has 0 fully saturated rings. The number of non-ortho nitro benzene ring substituents is 1. The van der Waals surface area contributed by atoms with E-state index < -0.39 is 40.1 Å². The van der Waals surface area contributed by atoms with E-state index in [2.05, 4.69) is 9.98 Å². The predicted octanol–water partition coefficient (Wildman–Crippen LogP) is 2.02. The number of benzene rings is 2. The van der Waals surface area contributed by atoms with Crippen molar-refractivity contribution in [3.05, 3.63) is 86.0 Å². The topological polar surface area (TPSA) is 164 Å². The number of carbonyl (C=O) groups excluding carboxylic acids is 2. The zero-order valence-electron chi connectivity index (χ0n) is 15.0. The third kappa shape index (κ3) is 4.49.